The third kappa shape index (κ3) is 2.68. The predicted octanol–water partition coefficient (Wildman–Crippen LogP) is 1.46. The number of hydrogen-bond donors (Lipinski definition) is 1. The number of esters is 1. The van der Waals surface area contributed by atoms with E-state index in [2.05, 4.69) is 25.2 Å². The van der Waals surface area contributed by atoms with Gasteiger partial charge in [0.2, 0.25) is 0 Å². The first-order valence-corrected chi connectivity index (χ1v) is 6.38. The van der Waals surface area contributed by atoms with Crippen molar-refractivity contribution in [1.29, 1.82) is 0 Å². The third-order valence-electron chi connectivity index (χ3n) is 2.93. The summed E-state index contributed by atoms with van der Waals surface area (Å²) in [7, 11) is 3.14. The Kier molecular flexibility index (Phi) is 3.60. The van der Waals surface area contributed by atoms with Crippen molar-refractivity contribution in [3.63, 3.8) is 0 Å². The van der Waals surface area contributed by atoms with Gasteiger partial charge in [-0.3, -0.25) is 0 Å². The molecule has 0 atom stereocenters. The molecule has 0 aliphatic carbocycles. The molecule has 0 saturated heterocycles. The summed E-state index contributed by atoms with van der Waals surface area (Å²) in [5, 5.41) is 10.7. The first-order chi connectivity index (χ1) is 10.7. The molecule has 114 valence electrons. The van der Waals surface area contributed by atoms with Crippen LogP contribution in [0.15, 0.2) is 33.6 Å². The molecule has 0 radical (unpaired) electrons. The van der Waals surface area contributed by atoms with Crippen LogP contribution < -0.4 is 5.32 Å². The van der Waals surface area contributed by atoms with Gasteiger partial charge in [-0.1, -0.05) is 5.10 Å². The zero-order valence-corrected chi connectivity index (χ0v) is 11.9. The van der Waals surface area contributed by atoms with Crippen LogP contribution in [0, 0.1) is 0 Å². The fourth-order valence-electron chi connectivity index (χ4n) is 1.82. The van der Waals surface area contributed by atoms with Gasteiger partial charge >= 0.3 is 12.0 Å². The third-order valence-corrected chi connectivity index (χ3v) is 2.93. The van der Waals surface area contributed by atoms with Crippen molar-refractivity contribution in [2.24, 2.45) is 7.05 Å². The molecule has 0 fully saturated rings. The van der Waals surface area contributed by atoms with E-state index in [4.69, 9.17) is 8.83 Å². The minimum Gasteiger partial charge on any atom is -0.467 e. The largest absolute Gasteiger partial charge is 0.467 e. The lowest BCUT2D eigenvalue weighted by atomic mass is 10.3. The number of ether oxygens (including phenoxy) is 1. The lowest BCUT2D eigenvalue weighted by Crippen LogP contribution is -2.00. The van der Waals surface area contributed by atoms with Crippen LogP contribution in [0.3, 0.4) is 0 Å². The number of nitrogens with one attached hydrogen (secondary N) is 1. The van der Waals surface area contributed by atoms with Crippen molar-refractivity contribution in [2.75, 3.05) is 12.4 Å². The Hall–Kier alpha value is -3.10. The molecule has 0 saturated carbocycles. The van der Waals surface area contributed by atoms with Gasteiger partial charge < -0.3 is 23.5 Å². The molecule has 0 aliphatic heterocycles. The number of imidazole rings is 1. The number of methoxy groups -OCH3 is 1. The van der Waals surface area contributed by atoms with Crippen LogP contribution in [0.1, 0.15) is 16.1 Å². The van der Waals surface area contributed by atoms with Crippen LogP contribution in [-0.4, -0.2) is 32.8 Å². The van der Waals surface area contributed by atoms with Gasteiger partial charge in [-0.2, -0.15) is 0 Å². The lowest BCUT2D eigenvalue weighted by molar-refractivity contribution is 0.0600. The summed E-state index contributed by atoms with van der Waals surface area (Å²) in [4.78, 5) is 15.4. The molecule has 3 aromatic heterocycles. The average molecular weight is 303 g/mol. The van der Waals surface area contributed by atoms with E-state index in [1.807, 2.05) is 7.05 Å². The van der Waals surface area contributed by atoms with E-state index in [-0.39, 0.29) is 6.01 Å². The van der Waals surface area contributed by atoms with Crippen LogP contribution in [0.2, 0.25) is 0 Å². The molecule has 0 aliphatic rings. The molecular weight excluding hydrogens is 290 g/mol. The summed E-state index contributed by atoms with van der Waals surface area (Å²) in [5.74, 6) is 0.971. The van der Waals surface area contributed by atoms with Crippen LogP contribution in [-0.2, 0) is 18.3 Å². The highest BCUT2D eigenvalue weighted by Gasteiger charge is 2.14. The maximum Gasteiger partial charge on any atom is 0.341 e. The highest BCUT2D eigenvalue weighted by atomic mass is 16.5. The SMILES string of the molecule is COC(=O)c1coc(CNc2nnc(-c3nccn3C)o2)c1. The molecule has 0 spiro atoms. The number of aryl methyl sites for hydroxylation is 1. The molecule has 1 N–H and O–H groups in total. The van der Waals surface area contributed by atoms with Crippen molar-refractivity contribution >= 4 is 12.0 Å². The van der Waals surface area contributed by atoms with Crippen molar-refractivity contribution in [3.05, 3.63) is 36.0 Å². The average Bonchev–Trinajstić information content (AvgIpc) is 3.24. The summed E-state index contributed by atoms with van der Waals surface area (Å²) in [5.41, 5.74) is 0.346. The molecule has 3 aromatic rings. The normalized spacial score (nSPS) is 10.6. The van der Waals surface area contributed by atoms with Gasteiger partial charge in [0.1, 0.15) is 12.0 Å². The number of carbonyl (C=O) groups excluding carboxylic acids is 1. The van der Waals surface area contributed by atoms with Crippen molar-refractivity contribution < 1.29 is 18.4 Å². The standard InChI is InChI=1S/C13H13N5O4/c1-18-4-3-14-10(18)11-16-17-13(22-11)15-6-9-5-8(7-21-9)12(19)20-2/h3-5,7H,6H2,1-2H3,(H,15,17). The smallest absolute Gasteiger partial charge is 0.341 e. The van der Waals surface area contributed by atoms with Gasteiger partial charge in [-0.25, -0.2) is 9.78 Å². The Morgan fingerprint density at radius 2 is 2.32 bits per heavy atom. The highest BCUT2D eigenvalue weighted by Crippen LogP contribution is 2.18. The Balaban J connectivity index is 1.65. The van der Waals surface area contributed by atoms with Crippen LogP contribution in [0.4, 0.5) is 6.01 Å². The van der Waals surface area contributed by atoms with Gasteiger partial charge in [0, 0.05) is 19.4 Å². The van der Waals surface area contributed by atoms with E-state index in [1.165, 1.54) is 13.4 Å². The quantitative estimate of drug-likeness (QED) is 0.706. The molecule has 9 nitrogen and oxygen atoms in total. The number of carbonyl (C=O) groups is 1. The Bertz CT molecular complexity index is 788. The zero-order valence-electron chi connectivity index (χ0n) is 11.9. The van der Waals surface area contributed by atoms with Crippen LogP contribution >= 0.6 is 0 Å². The summed E-state index contributed by atoms with van der Waals surface area (Å²) in [6.07, 6.45) is 4.75. The predicted molar refractivity (Wildman–Crippen MR) is 73.9 cm³/mol. The molecule has 0 amide bonds. The van der Waals surface area contributed by atoms with Gasteiger partial charge in [-0.15, -0.1) is 5.10 Å². The van der Waals surface area contributed by atoms with E-state index in [9.17, 15) is 4.79 Å². The van der Waals surface area contributed by atoms with E-state index in [1.54, 1.807) is 23.0 Å². The first kappa shape index (κ1) is 13.9. The van der Waals surface area contributed by atoms with Crippen molar-refractivity contribution in [1.82, 2.24) is 19.7 Å². The molecule has 0 aromatic carbocycles. The monoisotopic (exact) mass is 303 g/mol. The van der Waals surface area contributed by atoms with Gasteiger partial charge in [0.05, 0.1) is 19.2 Å². The molecular formula is C13H13N5O4. The summed E-state index contributed by atoms with van der Waals surface area (Å²) < 4.78 is 17.1. The number of furan rings is 1. The summed E-state index contributed by atoms with van der Waals surface area (Å²) >= 11 is 0. The second-order valence-corrected chi connectivity index (χ2v) is 4.42. The molecule has 0 bridgehead atoms. The van der Waals surface area contributed by atoms with E-state index < -0.39 is 5.97 Å². The molecule has 0 unspecified atom stereocenters. The summed E-state index contributed by atoms with van der Waals surface area (Å²) in [6, 6.07) is 1.81. The van der Waals surface area contributed by atoms with Gasteiger partial charge in [-0.05, 0) is 6.07 Å². The van der Waals surface area contributed by atoms with Crippen molar-refractivity contribution in [2.45, 2.75) is 6.54 Å². The van der Waals surface area contributed by atoms with E-state index in [0.29, 0.717) is 29.6 Å². The molecule has 22 heavy (non-hydrogen) atoms. The second-order valence-electron chi connectivity index (χ2n) is 4.42. The van der Waals surface area contributed by atoms with E-state index >= 15 is 0 Å². The molecule has 3 rings (SSSR count). The Morgan fingerprint density at radius 3 is 3.05 bits per heavy atom. The number of nitrogens with zero attached hydrogens (tertiary/aromatic N) is 4. The topological polar surface area (TPSA) is 108 Å². The second kappa shape index (κ2) is 5.72. The van der Waals surface area contributed by atoms with Gasteiger partial charge in [0.25, 0.3) is 5.89 Å². The molecule has 3 heterocycles. The first-order valence-electron chi connectivity index (χ1n) is 6.38. The fourth-order valence-corrected chi connectivity index (χ4v) is 1.82. The number of rotatable bonds is 5. The van der Waals surface area contributed by atoms with Crippen LogP contribution in [0.25, 0.3) is 11.7 Å². The zero-order chi connectivity index (χ0) is 15.5. The fraction of sp³-hybridized carbons (Fsp3) is 0.231. The lowest BCUT2D eigenvalue weighted by Gasteiger charge is -1.97. The minimum absolute atomic E-state index is 0.231. The number of anilines is 1. The Morgan fingerprint density at radius 1 is 1.45 bits per heavy atom. The Labute approximate surface area is 124 Å². The number of aromatic nitrogens is 4. The van der Waals surface area contributed by atoms with Crippen LogP contribution in [0.5, 0.6) is 0 Å². The highest BCUT2D eigenvalue weighted by molar-refractivity contribution is 5.88. The van der Waals surface area contributed by atoms with Gasteiger partial charge in [0.15, 0.2) is 5.82 Å². The van der Waals surface area contributed by atoms with E-state index in [0.717, 1.165) is 0 Å². The van der Waals surface area contributed by atoms with Crippen molar-refractivity contribution in [3.8, 4) is 11.7 Å². The summed E-state index contributed by atoms with van der Waals surface area (Å²) in [6.45, 7) is 0.291. The number of hydrogen-bond acceptors (Lipinski definition) is 8. The maximum atomic E-state index is 11.3. The minimum atomic E-state index is -0.454. The maximum absolute atomic E-state index is 11.3. The molecule has 9 heteroatoms.